The quantitative estimate of drug-likeness (QED) is 0.789. The van der Waals surface area contributed by atoms with Crippen LogP contribution in [0.1, 0.15) is 25.3 Å². The van der Waals surface area contributed by atoms with E-state index in [0.29, 0.717) is 12.5 Å². The summed E-state index contributed by atoms with van der Waals surface area (Å²) in [6.45, 7) is 3.01. The molecule has 1 rings (SSSR count). The maximum atomic E-state index is 10.4. The summed E-state index contributed by atoms with van der Waals surface area (Å²) in [6.07, 6.45) is 1.97. The number of hydrogen-bond acceptors (Lipinski definition) is 2. The van der Waals surface area contributed by atoms with E-state index in [0.717, 1.165) is 13.0 Å². The molecule has 0 heterocycles. The third kappa shape index (κ3) is 5.50. The van der Waals surface area contributed by atoms with Gasteiger partial charge in [0.2, 0.25) is 0 Å². The second-order valence-corrected chi connectivity index (χ2v) is 4.52. The Morgan fingerprint density at radius 2 is 2.00 bits per heavy atom. The van der Waals surface area contributed by atoms with E-state index in [2.05, 4.69) is 31.0 Å². The van der Waals surface area contributed by atoms with E-state index in [1.807, 2.05) is 18.2 Å². The standard InChI is InChI=1S/C14H21NO2/c1-12(11-13-7-4-3-5-8-13)15(2)10-6-9-14(16)17/h3-5,7-8,12H,6,9-11H2,1-2H3,(H,16,17). The average Bonchev–Trinajstić information content (AvgIpc) is 2.29. The van der Waals surface area contributed by atoms with Crippen LogP contribution in [0.15, 0.2) is 30.3 Å². The fourth-order valence-electron chi connectivity index (χ4n) is 1.81. The van der Waals surface area contributed by atoms with Crippen LogP contribution < -0.4 is 0 Å². The molecule has 1 aromatic carbocycles. The number of carboxylic acid groups (broad SMARTS) is 1. The minimum Gasteiger partial charge on any atom is -0.481 e. The van der Waals surface area contributed by atoms with Gasteiger partial charge in [-0.2, -0.15) is 0 Å². The molecule has 0 bridgehead atoms. The Hall–Kier alpha value is -1.35. The van der Waals surface area contributed by atoms with Gasteiger partial charge in [-0.15, -0.1) is 0 Å². The normalized spacial score (nSPS) is 12.6. The molecule has 0 amide bonds. The van der Waals surface area contributed by atoms with Gasteiger partial charge < -0.3 is 10.0 Å². The Balaban J connectivity index is 2.31. The highest BCUT2D eigenvalue weighted by molar-refractivity contribution is 5.66. The van der Waals surface area contributed by atoms with Crippen molar-refractivity contribution >= 4 is 5.97 Å². The largest absolute Gasteiger partial charge is 0.481 e. The van der Waals surface area contributed by atoms with Crippen LogP contribution in [-0.2, 0) is 11.2 Å². The first-order valence-electron chi connectivity index (χ1n) is 6.05. The van der Waals surface area contributed by atoms with Crippen molar-refractivity contribution in [3.05, 3.63) is 35.9 Å². The fraction of sp³-hybridized carbons (Fsp3) is 0.500. The van der Waals surface area contributed by atoms with Gasteiger partial charge >= 0.3 is 5.97 Å². The number of carboxylic acids is 1. The summed E-state index contributed by atoms with van der Waals surface area (Å²) in [6, 6.07) is 10.8. The van der Waals surface area contributed by atoms with Crippen molar-refractivity contribution in [2.45, 2.75) is 32.2 Å². The van der Waals surface area contributed by atoms with Gasteiger partial charge in [0.15, 0.2) is 0 Å². The van der Waals surface area contributed by atoms with Gasteiger partial charge in [-0.05, 0) is 38.9 Å². The van der Waals surface area contributed by atoms with Crippen LogP contribution in [0.2, 0.25) is 0 Å². The fourth-order valence-corrected chi connectivity index (χ4v) is 1.81. The second-order valence-electron chi connectivity index (χ2n) is 4.52. The molecule has 0 fully saturated rings. The predicted molar refractivity (Wildman–Crippen MR) is 69.1 cm³/mol. The minimum absolute atomic E-state index is 0.252. The van der Waals surface area contributed by atoms with Crippen molar-refractivity contribution in [1.29, 1.82) is 0 Å². The van der Waals surface area contributed by atoms with Crippen LogP contribution in [0.4, 0.5) is 0 Å². The Morgan fingerprint density at radius 1 is 1.35 bits per heavy atom. The summed E-state index contributed by atoms with van der Waals surface area (Å²) < 4.78 is 0. The summed E-state index contributed by atoms with van der Waals surface area (Å²) >= 11 is 0. The highest BCUT2D eigenvalue weighted by atomic mass is 16.4. The van der Waals surface area contributed by atoms with Gasteiger partial charge in [0.1, 0.15) is 0 Å². The van der Waals surface area contributed by atoms with Crippen LogP contribution in [0.3, 0.4) is 0 Å². The molecule has 17 heavy (non-hydrogen) atoms. The summed E-state index contributed by atoms with van der Waals surface area (Å²) in [7, 11) is 2.05. The number of benzene rings is 1. The molecule has 0 radical (unpaired) electrons. The van der Waals surface area contributed by atoms with Crippen molar-refractivity contribution < 1.29 is 9.90 Å². The lowest BCUT2D eigenvalue weighted by molar-refractivity contribution is -0.137. The zero-order valence-corrected chi connectivity index (χ0v) is 10.6. The molecule has 3 nitrogen and oxygen atoms in total. The van der Waals surface area contributed by atoms with Crippen LogP contribution in [0.25, 0.3) is 0 Å². The summed E-state index contributed by atoms with van der Waals surface area (Å²) in [5.74, 6) is -0.714. The molecule has 0 saturated heterocycles. The number of aliphatic carboxylic acids is 1. The van der Waals surface area contributed by atoms with Crippen molar-refractivity contribution in [3.63, 3.8) is 0 Å². The lowest BCUT2D eigenvalue weighted by atomic mass is 10.1. The van der Waals surface area contributed by atoms with Crippen molar-refractivity contribution in [3.8, 4) is 0 Å². The minimum atomic E-state index is -0.714. The lowest BCUT2D eigenvalue weighted by Crippen LogP contribution is -2.32. The molecule has 0 aliphatic heterocycles. The van der Waals surface area contributed by atoms with E-state index in [1.54, 1.807) is 0 Å². The van der Waals surface area contributed by atoms with E-state index >= 15 is 0 Å². The molecule has 0 spiro atoms. The van der Waals surface area contributed by atoms with Gasteiger partial charge in [-0.3, -0.25) is 4.79 Å². The Morgan fingerprint density at radius 3 is 2.59 bits per heavy atom. The summed E-state index contributed by atoms with van der Waals surface area (Å²) in [4.78, 5) is 12.6. The first kappa shape index (κ1) is 13.7. The molecular weight excluding hydrogens is 214 g/mol. The third-order valence-electron chi connectivity index (χ3n) is 3.03. The van der Waals surface area contributed by atoms with E-state index in [1.165, 1.54) is 5.56 Å². The van der Waals surface area contributed by atoms with Crippen LogP contribution in [-0.4, -0.2) is 35.6 Å². The van der Waals surface area contributed by atoms with E-state index < -0.39 is 5.97 Å². The Bertz CT molecular complexity index is 337. The predicted octanol–water partition coefficient (Wildman–Crippen LogP) is 2.41. The van der Waals surface area contributed by atoms with Crippen molar-refractivity contribution in [1.82, 2.24) is 4.90 Å². The number of carbonyl (C=O) groups is 1. The number of nitrogens with zero attached hydrogens (tertiary/aromatic N) is 1. The molecule has 1 aromatic rings. The Kier molecular flexibility index (Phi) is 5.70. The summed E-state index contributed by atoms with van der Waals surface area (Å²) in [5.41, 5.74) is 1.32. The van der Waals surface area contributed by atoms with Gasteiger partial charge in [0.25, 0.3) is 0 Å². The van der Waals surface area contributed by atoms with Gasteiger partial charge in [0, 0.05) is 12.5 Å². The average molecular weight is 235 g/mol. The molecule has 0 saturated carbocycles. The van der Waals surface area contributed by atoms with Crippen molar-refractivity contribution in [2.24, 2.45) is 0 Å². The zero-order valence-electron chi connectivity index (χ0n) is 10.6. The number of likely N-dealkylation sites (N-methyl/N-ethyl adjacent to an activating group) is 1. The number of rotatable bonds is 7. The molecule has 94 valence electrons. The Labute approximate surface area is 103 Å². The maximum absolute atomic E-state index is 10.4. The van der Waals surface area contributed by atoms with Crippen molar-refractivity contribution in [2.75, 3.05) is 13.6 Å². The summed E-state index contributed by atoms with van der Waals surface area (Å²) in [5, 5.41) is 8.58. The molecule has 1 unspecified atom stereocenters. The molecule has 0 aromatic heterocycles. The van der Waals surface area contributed by atoms with E-state index in [9.17, 15) is 4.79 Å². The third-order valence-corrected chi connectivity index (χ3v) is 3.03. The number of hydrogen-bond donors (Lipinski definition) is 1. The smallest absolute Gasteiger partial charge is 0.303 e. The SMILES string of the molecule is CC(Cc1ccccc1)N(C)CCCC(=O)O. The van der Waals surface area contributed by atoms with Gasteiger partial charge in [0.05, 0.1) is 0 Å². The maximum Gasteiger partial charge on any atom is 0.303 e. The lowest BCUT2D eigenvalue weighted by Gasteiger charge is -2.24. The first-order chi connectivity index (χ1) is 8.09. The molecular formula is C14H21NO2. The zero-order chi connectivity index (χ0) is 12.7. The van der Waals surface area contributed by atoms with Gasteiger partial charge in [-0.25, -0.2) is 0 Å². The molecule has 3 heteroatoms. The van der Waals surface area contributed by atoms with Crippen LogP contribution >= 0.6 is 0 Å². The molecule has 0 aliphatic carbocycles. The van der Waals surface area contributed by atoms with Crippen LogP contribution in [0.5, 0.6) is 0 Å². The highest BCUT2D eigenvalue weighted by Gasteiger charge is 2.10. The molecule has 1 N–H and O–H groups in total. The monoisotopic (exact) mass is 235 g/mol. The highest BCUT2D eigenvalue weighted by Crippen LogP contribution is 2.08. The second kappa shape index (κ2) is 7.07. The molecule has 1 atom stereocenters. The van der Waals surface area contributed by atoms with Gasteiger partial charge in [-0.1, -0.05) is 30.3 Å². The van der Waals surface area contributed by atoms with E-state index in [-0.39, 0.29) is 6.42 Å². The van der Waals surface area contributed by atoms with E-state index in [4.69, 9.17) is 5.11 Å². The first-order valence-corrected chi connectivity index (χ1v) is 6.05. The molecule has 0 aliphatic rings. The topological polar surface area (TPSA) is 40.5 Å². The van der Waals surface area contributed by atoms with Crippen LogP contribution in [0, 0.1) is 0 Å².